The molecule has 0 radical (unpaired) electrons. The van der Waals surface area contributed by atoms with Gasteiger partial charge in [0.15, 0.2) is 0 Å². The average Bonchev–Trinajstić information content (AvgIpc) is 3.19. The Kier molecular flexibility index (Phi) is 4.85. The first-order valence-electron chi connectivity index (χ1n) is 10.0. The van der Waals surface area contributed by atoms with Crippen LogP contribution in [0.1, 0.15) is 12.0 Å². The molecule has 0 bridgehead atoms. The summed E-state index contributed by atoms with van der Waals surface area (Å²) in [6.45, 7) is 2.00. The van der Waals surface area contributed by atoms with Crippen LogP contribution in [0.25, 0.3) is 43.5 Å². The summed E-state index contributed by atoms with van der Waals surface area (Å²) in [4.78, 5) is 9.43. The molecule has 0 aliphatic carbocycles. The van der Waals surface area contributed by atoms with Crippen molar-refractivity contribution >= 4 is 21.7 Å². The largest absolute Gasteiger partial charge is 0.456 e. The van der Waals surface area contributed by atoms with Gasteiger partial charge in [-0.05, 0) is 47.6 Å². The van der Waals surface area contributed by atoms with E-state index in [9.17, 15) is 5.11 Å². The van der Waals surface area contributed by atoms with Gasteiger partial charge in [0.05, 0.1) is 12.1 Å². The standard InChI is InChI=1S/C23H21N5O2/c24-27-26-20-7-8-28(14-21(20)29)13-15-5-6-17-11-25-12-19(18(17)9-15)23-10-16-3-1-2-4-22(16)30-23/h1-6,9-12,20-21,29H,7-8,13-14H2/t20?,21-/m1/s1. The Morgan fingerprint density at radius 1 is 1.17 bits per heavy atom. The highest BCUT2D eigenvalue weighted by Crippen LogP contribution is 2.33. The van der Waals surface area contributed by atoms with Gasteiger partial charge in [0.25, 0.3) is 0 Å². The molecule has 150 valence electrons. The smallest absolute Gasteiger partial charge is 0.137 e. The van der Waals surface area contributed by atoms with Gasteiger partial charge in [-0.3, -0.25) is 9.88 Å². The predicted octanol–water partition coefficient (Wildman–Crippen LogP) is 4.89. The Balaban J connectivity index is 1.45. The van der Waals surface area contributed by atoms with Crippen molar-refractivity contribution in [1.82, 2.24) is 9.88 Å². The Morgan fingerprint density at radius 2 is 2.07 bits per heavy atom. The number of para-hydroxylation sites is 1. The van der Waals surface area contributed by atoms with Crippen molar-refractivity contribution in [1.29, 1.82) is 0 Å². The molecule has 1 aliphatic heterocycles. The molecule has 4 aromatic rings. The summed E-state index contributed by atoms with van der Waals surface area (Å²) in [7, 11) is 0. The van der Waals surface area contributed by atoms with Gasteiger partial charge in [-0.15, -0.1) is 0 Å². The molecule has 1 unspecified atom stereocenters. The topological polar surface area (TPSA) is 98.3 Å². The molecule has 2 atom stereocenters. The maximum absolute atomic E-state index is 10.3. The Morgan fingerprint density at radius 3 is 2.90 bits per heavy atom. The zero-order valence-corrected chi connectivity index (χ0v) is 16.3. The lowest BCUT2D eigenvalue weighted by atomic mass is 10.00. The van der Waals surface area contributed by atoms with Crippen molar-refractivity contribution in [3.05, 3.63) is 76.9 Å². The van der Waals surface area contributed by atoms with Crippen LogP contribution in [0.15, 0.2) is 70.5 Å². The first kappa shape index (κ1) is 18.6. The fourth-order valence-electron chi connectivity index (χ4n) is 4.21. The summed E-state index contributed by atoms with van der Waals surface area (Å²) in [6.07, 6.45) is 3.73. The summed E-state index contributed by atoms with van der Waals surface area (Å²) in [5.41, 5.74) is 11.6. The van der Waals surface area contributed by atoms with Crippen LogP contribution in [0.3, 0.4) is 0 Å². The molecule has 3 heterocycles. The van der Waals surface area contributed by atoms with E-state index in [1.54, 1.807) is 0 Å². The van der Waals surface area contributed by atoms with Gasteiger partial charge >= 0.3 is 0 Å². The molecule has 5 rings (SSSR count). The van der Waals surface area contributed by atoms with E-state index in [1.165, 1.54) is 0 Å². The molecule has 2 aromatic carbocycles. The van der Waals surface area contributed by atoms with Crippen LogP contribution in [0.4, 0.5) is 0 Å². The van der Waals surface area contributed by atoms with Crippen molar-refractivity contribution in [2.75, 3.05) is 13.1 Å². The highest BCUT2D eigenvalue weighted by Gasteiger charge is 2.26. The molecule has 7 heteroatoms. The van der Waals surface area contributed by atoms with Gasteiger partial charge in [0.1, 0.15) is 11.3 Å². The maximum atomic E-state index is 10.3. The number of furan rings is 1. The molecule has 1 fully saturated rings. The second-order valence-corrected chi connectivity index (χ2v) is 7.75. The van der Waals surface area contributed by atoms with Crippen molar-refractivity contribution in [2.24, 2.45) is 5.11 Å². The molecule has 7 nitrogen and oxygen atoms in total. The lowest BCUT2D eigenvalue weighted by Crippen LogP contribution is -2.45. The van der Waals surface area contributed by atoms with E-state index in [0.717, 1.165) is 51.7 Å². The van der Waals surface area contributed by atoms with Gasteiger partial charge in [0.2, 0.25) is 0 Å². The van der Waals surface area contributed by atoms with E-state index in [1.807, 2.05) is 36.7 Å². The first-order valence-corrected chi connectivity index (χ1v) is 10.0. The van der Waals surface area contributed by atoms with Gasteiger partial charge in [-0.25, -0.2) is 0 Å². The summed E-state index contributed by atoms with van der Waals surface area (Å²) in [5.74, 6) is 0.803. The monoisotopic (exact) mass is 399 g/mol. The third kappa shape index (κ3) is 3.50. The van der Waals surface area contributed by atoms with Gasteiger partial charge < -0.3 is 9.52 Å². The number of fused-ring (bicyclic) bond motifs is 2. The SMILES string of the molecule is [N-]=[N+]=NC1CCN(Cc2ccc3cncc(-c4cc5ccccc5o4)c3c2)C[C@H]1O. The van der Waals surface area contributed by atoms with Crippen molar-refractivity contribution in [3.63, 3.8) is 0 Å². The van der Waals surface area contributed by atoms with Crippen LogP contribution in [0, 0.1) is 0 Å². The van der Waals surface area contributed by atoms with Crippen LogP contribution in [0.5, 0.6) is 0 Å². The third-order valence-electron chi connectivity index (χ3n) is 5.75. The molecule has 0 saturated carbocycles. The molecule has 30 heavy (non-hydrogen) atoms. The van der Waals surface area contributed by atoms with Gasteiger partial charge in [-0.1, -0.05) is 35.4 Å². The second kappa shape index (κ2) is 7.80. The number of rotatable bonds is 4. The van der Waals surface area contributed by atoms with Crippen LogP contribution in [-0.2, 0) is 6.54 Å². The van der Waals surface area contributed by atoms with E-state index >= 15 is 0 Å². The number of hydrogen-bond acceptors (Lipinski definition) is 5. The Labute approximate surface area is 173 Å². The number of nitrogens with zero attached hydrogens (tertiary/aromatic N) is 5. The molecule has 0 amide bonds. The second-order valence-electron chi connectivity index (χ2n) is 7.75. The minimum Gasteiger partial charge on any atom is -0.456 e. The van der Waals surface area contributed by atoms with Crippen LogP contribution < -0.4 is 0 Å². The number of β-amino-alcohol motifs (C(OH)–C–C–N with tert-alkyl or cyclic N) is 1. The van der Waals surface area contributed by atoms with Crippen molar-refractivity contribution < 1.29 is 9.52 Å². The molecule has 0 spiro atoms. The molecular weight excluding hydrogens is 378 g/mol. The average molecular weight is 399 g/mol. The molecule has 2 aromatic heterocycles. The van der Waals surface area contributed by atoms with E-state index in [2.05, 4.69) is 44.2 Å². The van der Waals surface area contributed by atoms with E-state index in [4.69, 9.17) is 9.95 Å². The Hall–Kier alpha value is -3.38. The van der Waals surface area contributed by atoms with Crippen molar-refractivity contribution in [3.8, 4) is 11.3 Å². The fraction of sp³-hybridized carbons (Fsp3) is 0.261. The van der Waals surface area contributed by atoms with Crippen LogP contribution >= 0.6 is 0 Å². The number of piperidine rings is 1. The minimum absolute atomic E-state index is 0.339. The quantitative estimate of drug-likeness (QED) is 0.300. The van der Waals surface area contributed by atoms with Crippen LogP contribution in [-0.4, -0.2) is 40.2 Å². The number of aromatic nitrogens is 1. The normalized spacial score (nSPS) is 19.8. The van der Waals surface area contributed by atoms with E-state index < -0.39 is 6.10 Å². The predicted molar refractivity (Wildman–Crippen MR) is 116 cm³/mol. The highest BCUT2D eigenvalue weighted by molar-refractivity contribution is 5.97. The molecular formula is C23H21N5O2. The number of aliphatic hydroxyl groups excluding tert-OH is 1. The zero-order valence-electron chi connectivity index (χ0n) is 16.3. The number of azide groups is 1. The molecule has 1 aliphatic rings. The fourth-order valence-corrected chi connectivity index (χ4v) is 4.21. The summed E-state index contributed by atoms with van der Waals surface area (Å²) in [5, 5.41) is 17.2. The number of benzene rings is 2. The molecule has 1 N–H and O–H groups in total. The zero-order chi connectivity index (χ0) is 20.5. The first-order chi connectivity index (χ1) is 14.7. The summed E-state index contributed by atoms with van der Waals surface area (Å²) in [6, 6.07) is 16.0. The third-order valence-corrected chi connectivity index (χ3v) is 5.75. The number of pyridine rings is 1. The van der Waals surface area contributed by atoms with Crippen molar-refractivity contribution in [2.45, 2.75) is 25.1 Å². The van der Waals surface area contributed by atoms with E-state index in [0.29, 0.717) is 13.0 Å². The lowest BCUT2D eigenvalue weighted by molar-refractivity contribution is 0.0501. The summed E-state index contributed by atoms with van der Waals surface area (Å²) >= 11 is 0. The number of aliphatic hydroxyl groups is 1. The number of hydrogen-bond donors (Lipinski definition) is 1. The minimum atomic E-state index is -0.634. The van der Waals surface area contributed by atoms with E-state index in [-0.39, 0.29) is 6.04 Å². The number of likely N-dealkylation sites (tertiary alicyclic amines) is 1. The molecule has 1 saturated heterocycles. The maximum Gasteiger partial charge on any atom is 0.137 e. The van der Waals surface area contributed by atoms with Gasteiger partial charge in [-0.2, -0.15) is 0 Å². The van der Waals surface area contributed by atoms with Gasteiger partial charge in [0, 0.05) is 46.7 Å². The lowest BCUT2D eigenvalue weighted by Gasteiger charge is -2.33. The summed E-state index contributed by atoms with van der Waals surface area (Å²) < 4.78 is 6.08. The Bertz CT molecular complexity index is 1230. The van der Waals surface area contributed by atoms with Crippen LogP contribution in [0.2, 0.25) is 0 Å². The highest BCUT2D eigenvalue weighted by atomic mass is 16.3.